The van der Waals surface area contributed by atoms with Crippen LogP contribution in [0, 0.1) is 0 Å². The Balaban J connectivity index is 2.88. The summed E-state index contributed by atoms with van der Waals surface area (Å²) in [7, 11) is 0. The first-order valence-corrected chi connectivity index (χ1v) is 2.65. The van der Waals surface area contributed by atoms with Crippen molar-refractivity contribution in [1.29, 1.82) is 0 Å². The molecule has 0 aliphatic heterocycles. The van der Waals surface area contributed by atoms with E-state index in [0.29, 0.717) is 5.65 Å². The second kappa shape index (κ2) is 1.63. The molecule has 0 atom stereocenters. The number of nitrogens with two attached hydrogens (primary N) is 1. The number of hydrogen-bond donors (Lipinski definition) is 1. The standard InChI is InChI=1S/C4H4N6/c5-4-8-3-1-6-7-2-10(3)9-4/h1-2H,(H2,5,9). The molecule has 0 saturated heterocycles. The third-order valence-corrected chi connectivity index (χ3v) is 1.07. The first kappa shape index (κ1) is 5.10. The van der Waals surface area contributed by atoms with Crippen LogP contribution in [0.4, 0.5) is 5.95 Å². The van der Waals surface area contributed by atoms with Gasteiger partial charge in [-0.25, -0.2) is 0 Å². The van der Waals surface area contributed by atoms with Crippen molar-refractivity contribution < 1.29 is 0 Å². The summed E-state index contributed by atoms with van der Waals surface area (Å²) < 4.78 is 1.46. The van der Waals surface area contributed by atoms with Gasteiger partial charge >= 0.3 is 0 Å². The number of fused-ring (bicyclic) bond motifs is 1. The van der Waals surface area contributed by atoms with E-state index in [9.17, 15) is 0 Å². The van der Waals surface area contributed by atoms with Crippen LogP contribution in [0.2, 0.25) is 0 Å². The molecular weight excluding hydrogens is 132 g/mol. The molecule has 2 rings (SSSR count). The zero-order chi connectivity index (χ0) is 6.97. The van der Waals surface area contributed by atoms with Gasteiger partial charge in [-0.2, -0.15) is 14.6 Å². The van der Waals surface area contributed by atoms with Crippen molar-refractivity contribution in [2.24, 2.45) is 0 Å². The Bertz CT molecular complexity index is 318. The fraction of sp³-hybridized carbons (Fsp3) is 0. The van der Waals surface area contributed by atoms with Crippen LogP contribution >= 0.6 is 0 Å². The van der Waals surface area contributed by atoms with Crippen molar-refractivity contribution in [3.63, 3.8) is 0 Å². The van der Waals surface area contributed by atoms with Crippen molar-refractivity contribution in [3.8, 4) is 0 Å². The van der Waals surface area contributed by atoms with Crippen molar-refractivity contribution in [1.82, 2.24) is 24.8 Å². The lowest BCUT2D eigenvalue weighted by atomic mass is 10.8. The molecule has 0 aliphatic rings. The minimum absolute atomic E-state index is 0.231. The van der Waals surface area contributed by atoms with Gasteiger partial charge < -0.3 is 5.73 Å². The Morgan fingerprint density at radius 2 is 2.30 bits per heavy atom. The van der Waals surface area contributed by atoms with E-state index in [1.807, 2.05) is 0 Å². The van der Waals surface area contributed by atoms with E-state index in [1.165, 1.54) is 17.0 Å². The van der Waals surface area contributed by atoms with E-state index < -0.39 is 0 Å². The van der Waals surface area contributed by atoms with Crippen LogP contribution in [0.1, 0.15) is 0 Å². The summed E-state index contributed by atoms with van der Waals surface area (Å²) in [5.74, 6) is 0.231. The number of anilines is 1. The third kappa shape index (κ3) is 0.586. The molecule has 0 aromatic carbocycles. The summed E-state index contributed by atoms with van der Waals surface area (Å²) in [6.45, 7) is 0. The molecule has 50 valence electrons. The highest BCUT2D eigenvalue weighted by atomic mass is 15.4. The van der Waals surface area contributed by atoms with Crippen LogP contribution in [0.3, 0.4) is 0 Å². The van der Waals surface area contributed by atoms with Crippen molar-refractivity contribution in [2.75, 3.05) is 5.73 Å². The average molecular weight is 136 g/mol. The van der Waals surface area contributed by atoms with E-state index >= 15 is 0 Å². The molecule has 10 heavy (non-hydrogen) atoms. The minimum atomic E-state index is 0.231. The third-order valence-electron chi connectivity index (χ3n) is 1.07. The molecule has 0 fully saturated rings. The Kier molecular flexibility index (Phi) is 0.830. The van der Waals surface area contributed by atoms with Crippen LogP contribution in [0.25, 0.3) is 5.65 Å². The van der Waals surface area contributed by atoms with Gasteiger partial charge in [-0.05, 0) is 0 Å². The molecule has 0 radical (unpaired) electrons. The van der Waals surface area contributed by atoms with Crippen LogP contribution < -0.4 is 5.73 Å². The van der Waals surface area contributed by atoms with E-state index in [1.54, 1.807) is 0 Å². The summed E-state index contributed by atoms with van der Waals surface area (Å²) in [6, 6.07) is 0. The highest BCUT2D eigenvalue weighted by molar-refractivity contribution is 5.37. The monoisotopic (exact) mass is 136 g/mol. The predicted octanol–water partition coefficient (Wildman–Crippen LogP) is -0.899. The summed E-state index contributed by atoms with van der Waals surface area (Å²) >= 11 is 0. The predicted molar refractivity (Wildman–Crippen MR) is 33.0 cm³/mol. The highest BCUT2D eigenvalue weighted by Gasteiger charge is 1.96. The lowest BCUT2D eigenvalue weighted by Gasteiger charge is -1.82. The second-order valence-corrected chi connectivity index (χ2v) is 1.75. The molecule has 6 nitrogen and oxygen atoms in total. The Hall–Kier alpha value is -1.72. The number of hydrogen-bond acceptors (Lipinski definition) is 5. The fourth-order valence-corrected chi connectivity index (χ4v) is 0.689. The normalized spacial score (nSPS) is 10.4. The zero-order valence-corrected chi connectivity index (χ0v) is 4.97. The molecule has 2 N–H and O–H groups in total. The Morgan fingerprint density at radius 1 is 1.40 bits per heavy atom. The molecule has 0 aliphatic carbocycles. The van der Waals surface area contributed by atoms with Gasteiger partial charge in [0.05, 0.1) is 6.20 Å². The van der Waals surface area contributed by atoms with E-state index in [0.717, 1.165) is 0 Å². The molecule has 0 saturated carbocycles. The second-order valence-electron chi connectivity index (χ2n) is 1.75. The van der Waals surface area contributed by atoms with Crippen LogP contribution in [-0.4, -0.2) is 24.8 Å². The molecule has 0 spiro atoms. The van der Waals surface area contributed by atoms with Crippen molar-refractivity contribution >= 4 is 11.6 Å². The molecule has 0 amide bonds. The lowest BCUT2D eigenvalue weighted by molar-refractivity contribution is 0.866. The number of aromatic nitrogens is 5. The first-order chi connectivity index (χ1) is 4.86. The largest absolute Gasteiger partial charge is 0.366 e. The smallest absolute Gasteiger partial charge is 0.240 e. The number of nitrogen functional groups attached to an aromatic ring is 1. The van der Waals surface area contributed by atoms with Crippen molar-refractivity contribution in [2.45, 2.75) is 0 Å². The zero-order valence-electron chi connectivity index (χ0n) is 4.97. The van der Waals surface area contributed by atoms with Crippen LogP contribution in [0.15, 0.2) is 12.5 Å². The molecule has 0 unspecified atom stereocenters. The van der Waals surface area contributed by atoms with Crippen LogP contribution in [0.5, 0.6) is 0 Å². The van der Waals surface area contributed by atoms with Gasteiger partial charge in [-0.3, -0.25) is 0 Å². The fourth-order valence-electron chi connectivity index (χ4n) is 0.689. The maximum Gasteiger partial charge on any atom is 0.240 e. The average Bonchev–Trinajstić information content (AvgIpc) is 2.27. The van der Waals surface area contributed by atoms with Gasteiger partial charge in [0.15, 0.2) is 5.65 Å². The maximum absolute atomic E-state index is 5.29. The van der Waals surface area contributed by atoms with E-state index in [-0.39, 0.29) is 5.95 Å². The maximum atomic E-state index is 5.29. The molecule has 6 heteroatoms. The summed E-state index contributed by atoms with van der Waals surface area (Å²) in [5, 5.41) is 11.0. The minimum Gasteiger partial charge on any atom is -0.366 e. The Morgan fingerprint density at radius 3 is 3.10 bits per heavy atom. The lowest BCUT2D eigenvalue weighted by Crippen LogP contribution is -1.91. The number of nitrogens with zero attached hydrogens (tertiary/aromatic N) is 5. The molecule has 0 bridgehead atoms. The molecule has 2 aromatic heterocycles. The summed E-state index contributed by atoms with van der Waals surface area (Å²) in [4.78, 5) is 3.84. The summed E-state index contributed by atoms with van der Waals surface area (Å²) in [6.07, 6.45) is 2.93. The molecular formula is C4H4N6. The van der Waals surface area contributed by atoms with Gasteiger partial charge in [0.1, 0.15) is 6.33 Å². The topological polar surface area (TPSA) is 82.0 Å². The highest BCUT2D eigenvalue weighted by Crippen LogP contribution is 1.95. The van der Waals surface area contributed by atoms with Gasteiger partial charge in [0, 0.05) is 0 Å². The Labute approximate surface area is 55.7 Å². The van der Waals surface area contributed by atoms with Crippen LogP contribution in [-0.2, 0) is 0 Å². The molecule has 2 heterocycles. The molecule has 2 aromatic rings. The van der Waals surface area contributed by atoms with E-state index in [2.05, 4.69) is 20.3 Å². The van der Waals surface area contributed by atoms with Gasteiger partial charge in [-0.1, -0.05) is 0 Å². The SMILES string of the molecule is Nc1nc2cnncn2n1. The quantitative estimate of drug-likeness (QED) is 0.507. The number of rotatable bonds is 0. The van der Waals surface area contributed by atoms with Crippen molar-refractivity contribution in [3.05, 3.63) is 12.5 Å². The van der Waals surface area contributed by atoms with Gasteiger partial charge in [0.2, 0.25) is 5.95 Å². The van der Waals surface area contributed by atoms with E-state index in [4.69, 9.17) is 5.73 Å². The first-order valence-electron chi connectivity index (χ1n) is 2.65. The summed E-state index contributed by atoms with van der Waals surface area (Å²) in [5.41, 5.74) is 5.90. The van der Waals surface area contributed by atoms with Gasteiger partial charge in [-0.15, -0.1) is 10.2 Å². The van der Waals surface area contributed by atoms with Gasteiger partial charge in [0.25, 0.3) is 0 Å².